The Labute approximate surface area is 168 Å². The Morgan fingerprint density at radius 3 is 2.46 bits per heavy atom. The first-order valence-corrected chi connectivity index (χ1v) is 9.51. The van der Waals surface area contributed by atoms with Crippen LogP contribution in [0.2, 0.25) is 0 Å². The van der Waals surface area contributed by atoms with Gasteiger partial charge in [0.25, 0.3) is 5.91 Å². The molecule has 1 N–H and O–H groups in total. The van der Waals surface area contributed by atoms with Crippen molar-refractivity contribution in [2.45, 2.75) is 32.2 Å². The summed E-state index contributed by atoms with van der Waals surface area (Å²) in [7, 11) is 5.64. The molecule has 1 amide bonds. The Bertz CT molecular complexity index is 781. The molecule has 1 atom stereocenters. The fourth-order valence-electron chi connectivity index (χ4n) is 3.06. The number of carbonyl (C=O) groups is 1. The Morgan fingerprint density at radius 2 is 1.82 bits per heavy atom. The molecule has 2 aromatic rings. The smallest absolute Gasteiger partial charge is 0.258 e. The molecule has 0 aromatic heterocycles. The van der Waals surface area contributed by atoms with Gasteiger partial charge in [0.1, 0.15) is 11.5 Å². The molecule has 0 saturated carbocycles. The van der Waals surface area contributed by atoms with Gasteiger partial charge in [-0.1, -0.05) is 51.1 Å². The zero-order valence-corrected chi connectivity index (χ0v) is 17.8. The summed E-state index contributed by atoms with van der Waals surface area (Å²) < 4.78 is 11.1. The molecule has 2 rings (SSSR count). The van der Waals surface area contributed by atoms with Crippen LogP contribution in [-0.4, -0.2) is 45.2 Å². The number of nitrogens with one attached hydrogen (secondary N) is 1. The number of rotatable bonds is 8. The molecule has 0 aliphatic heterocycles. The standard InChI is InChI=1S/C23H32N2O3/c1-23(2,3)19-12-7-8-13-21(19)28-16-22(26)24-15-20(25(4)5)17-10-9-11-18(14-17)27-6/h7-14,20H,15-16H2,1-6H3,(H,24,26). The third-order valence-electron chi connectivity index (χ3n) is 4.65. The van der Waals surface area contributed by atoms with Gasteiger partial charge in [-0.25, -0.2) is 0 Å². The Morgan fingerprint density at radius 1 is 1.11 bits per heavy atom. The monoisotopic (exact) mass is 384 g/mol. The number of benzene rings is 2. The van der Waals surface area contributed by atoms with Crippen LogP contribution in [0.4, 0.5) is 0 Å². The van der Waals surface area contributed by atoms with E-state index in [-0.39, 0.29) is 24.0 Å². The van der Waals surface area contributed by atoms with Gasteiger partial charge >= 0.3 is 0 Å². The molecule has 0 heterocycles. The van der Waals surface area contributed by atoms with Crippen molar-refractivity contribution in [2.75, 3.05) is 34.4 Å². The Kier molecular flexibility index (Phi) is 7.46. The molecule has 5 heteroatoms. The van der Waals surface area contributed by atoms with Gasteiger partial charge in [-0.05, 0) is 48.8 Å². The Hall–Kier alpha value is -2.53. The summed E-state index contributed by atoms with van der Waals surface area (Å²) in [5.41, 5.74) is 2.13. The normalized spacial score (nSPS) is 12.5. The topological polar surface area (TPSA) is 50.8 Å². The molecule has 0 aliphatic carbocycles. The second kappa shape index (κ2) is 9.60. The highest BCUT2D eigenvalue weighted by Gasteiger charge is 2.20. The number of carbonyl (C=O) groups excluding carboxylic acids is 1. The summed E-state index contributed by atoms with van der Waals surface area (Å²) in [5.74, 6) is 1.42. The third-order valence-corrected chi connectivity index (χ3v) is 4.65. The van der Waals surface area contributed by atoms with E-state index in [0.717, 1.165) is 22.6 Å². The van der Waals surface area contributed by atoms with Crippen molar-refractivity contribution < 1.29 is 14.3 Å². The zero-order valence-electron chi connectivity index (χ0n) is 17.8. The predicted molar refractivity (Wildman–Crippen MR) is 113 cm³/mol. The van der Waals surface area contributed by atoms with Gasteiger partial charge in [0, 0.05) is 6.54 Å². The third kappa shape index (κ3) is 5.99. The first kappa shape index (κ1) is 21.8. The minimum absolute atomic E-state index is 0.00858. The molecular formula is C23H32N2O3. The molecule has 28 heavy (non-hydrogen) atoms. The largest absolute Gasteiger partial charge is 0.497 e. The lowest BCUT2D eigenvalue weighted by molar-refractivity contribution is -0.123. The van der Waals surface area contributed by atoms with Gasteiger partial charge in [0.05, 0.1) is 13.2 Å². The highest BCUT2D eigenvalue weighted by molar-refractivity contribution is 5.77. The minimum Gasteiger partial charge on any atom is -0.497 e. The minimum atomic E-state index is -0.140. The van der Waals surface area contributed by atoms with Crippen molar-refractivity contribution in [1.29, 1.82) is 0 Å². The van der Waals surface area contributed by atoms with Crippen molar-refractivity contribution >= 4 is 5.91 Å². The quantitative estimate of drug-likeness (QED) is 0.752. The molecule has 152 valence electrons. The van der Waals surface area contributed by atoms with Crippen LogP contribution in [0.15, 0.2) is 48.5 Å². The van der Waals surface area contributed by atoms with E-state index in [1.165, 1.54) is 0 Å². The van der Waals surface area contributed by atoms with Crippen LogP contribution in [0.5, 0.6) is 11.5 Å². The van der Waals surface area contributed by atoms with E-state index in [2.05, 4.69) is 31.0 Å². The molecular weight excluding hydrogens is 352 g/mol. The van der Waals surface area contributed by atoms with Crippen LogP contribution in [0.3, 0.4) is 0 Å². The SMILES string of the molecule is COc1cccc(C(CNC(=O)COc2ccccc2C(C)(C)C)N(C)C)c1. The number of amides is 1. The van der Waals surface area contributed by atoms with Gasteiger partial charge in [0.15, 0.2) is 6.61 Å². The molecule has 0 saturated heterocycles. The van der Waals surface area contributed by atoms with Gasteiger partial charge in [-0.2, -0.15) is 0 Å². The van der Waals surface area contributed by atoms with Gasteiger partial charge < -0.3 is 19.7 Å². The fourth-order valence-corrected chi connectivity index (χ4v) is 3.06. The van der Waals surface area contributed by atoms with Crippen LogP contribution >= 0.6 is 0 Å². The maximum atomic E-state index is 12.4. The van der Waals surface area contributed by atoms with Crippen LogP contribution in [0.1, 0.15) is 37.9 Å². The van der Waals surface area contributed by atoms with E-state index in [1.807, 2.05) is 62.6 Å². The van der Waals surface area contributed by atoms with Crippen LogP contribution in [0.25, 0.3) is 0 Å². The van der Waals surface area contributed by atoms with E-state index in [9.17, 15) is 4.79 Å². The molecule has 0 fully saturated rings. The van der Waals surface area contributed by atoms with Crippen molar-refractivity contribution in [2.24, 2.45) is 0 Å². The maximum absolute atomic E-state index is 12.4. The lowest BCUT2D eigenvalue weighted by atomic mass is 9.86. The highest BCUT2D eigenvalue weighted by atomic mass is 16.5. The summed E-state index contributed by atoms with van der Waals surface area (Å²) in [4.78, 5) is 14.5. The number of methoxy groups -OCH3 is 1. The molecule has 0 bridgehead atoms. The van der Waals surface area contributed by atoms with Crippen LogP contribution in [-0.2, 0) is 10.2 Å². The summed E-state index contributed by atoms with van der Waals surface area (Å²) in [6, 6.07) is 15.8. The number of hydrogen-bond acceptors (Lipinski definition) is 4. The number of nitrogens with zero attached hydrogens (tertiary/aromatic N) is 1. The molecule has 1 unspecified atom stereocenters. The van der Waals surface area contributed by atoms with Crippen LogP contribution in [0, 0.1) is 0 Å². The summed E-state index contributed by atoms with van der Waals surface area (Å²) in [6.45, 7) is 6.87. The van der Waals surface area contributed by atoms with Crippen molar-refractivity contribution in [3.05, 3.63) is 59.7 Å². The zero-order chi connectivity index (χ0) is 20.7. The lowest BCUT2D eigenvalue weighted by Crippen LogP contribution is -2.37. The molecule has 0 radical (unpaired) electrons. The van der Waals surface area contributed by atoms with Crippen molar-refractivity contribution in [3.63, 3.8) is 0 Å². The van der Waals surface area contributed by atoms with E-state index in [4.69, 9.17) is 9.47 Å². The second-order valence-electron chi connectivity index (χ2n) is 8.09. The van der Waals surface area contributed by atoms with Gasteiger partial charge in [-0.3, -0.25) is 4.79 Å². The molecule has 0 spiro atoms. The number of hydrogen-bond donors (Lipinski definition) is 1. The predicted octanol–water partition coefficient (Wildman–Crippen LogP) is 3.79. The Balaban J connectivity index is 1.97. The lowest BCUT2D eigenvalue weighted by Gasteiger charge is -2.26. The summed E-state index contributed by atoms with van der Waals surface area (Å²) in [5, 5.41) is 2.98. The fraction of sp³-hybridized carbons (Fsp3) is 0.435. The molecule has 0 aliphatic rings. The first-order chi connectivity index (χ1) is 13.2. The molecule has 2 aromatic carbocycles. The average molecular weight is 385 g/mol. The average Bonchev–Trinajstić information content (AvgIpc) is 2.66. The number of para-hydroxylation sites is 1. The second-order valence-corrected chi connectivity index (χ2v) is 8.09. The summed E-state index contributed by atoms with van der Waals surface area (Å²) >= 11 is 0. The number of ether oxygens (including phenoxy) is 2. The van der Waals surface area contributed by atoms with Crippen molar-refractivity contribution in [1.82, 2.24) is 10.2 Å². The van der Waals surface area contributed by atoms with Gasteiger partial charge in [0.2, 0.25) is 0 Å². The van der Waals surface area contributed by atoms with E-state index in [1.54, 1.807) is 7.11 Å². The highest BCUT2D eigenvalue weighted by Crippen LogP contribution is 2.30. The maximum Gasteiger partial charge on any atom is 0.258 e. The van der Waals surface area contributed by atoms with Crippen LogP contribution < -0.4 is 14.8 Å². The summed E-state index contributed by atoms with van der Waals surface area (Å²) in [6.07, 6.45) is 0. The van der Waals surface area contributed by atoms with E-state index < -0.39 is 0 Å². The van der Waals surface area contributed by atoms with Gasteiger partial charge in [-0.15, -0.1) is 0 Å². The van der Waals surface area contributed by atoms with E-state index in [0.29, 0.717) is 6.54 Å². The molecule has 5 nitrogen and oxygen atoms in total. The van der Waals surface area contributed by atoms with Crippen molar-refractivity contribution in [3.8, 4) is 11.5 Å². The first-order valence-electron chi connectivity index (χ1n) is 9.51. The van der Waals surface area contributed by atoms with E-state index >= 15 is 0 Å². The number of likely N-dealkylation sites (N-methyl/N-ethyl adjacent to an activating group) is 1.